The molecule has 2 heterocycles. The van der Waals surface area contributed by atoms with E-state index in [1.165, 1.54) is 77.0 Å². The van der Waals surface area contributed by atoms with Gasteiger partial charge in [-0.25, -0.2) is 0 Å². The van der Waals surface area contributed by atoms with Gasteiger partial charge in [0.2, 0.25) is 0 Å². The van der Waals surface area contributed by atoms with Crippen molar-refractivity contribution in [3.63, 3.8) is 0 Å². The molecule has 2 saturated heterocycles. The minimum absolute atomic E-state index is 0.159. The lowest BCUT2D eigenvalue weighted by Gasteiger charge is -2.42. The lowest BCUT2D eigenvalue weighted by molar-refractivity contribution is -0.332. The molecule has 0 radical (unpaired) electrons. The van der Waals surface area contributed by atoms with Crippen LogP contribution in [0, 0.1) is 0 Å². The van der Waals surface area contributed by atoms with Crippen molar-refractivity contribution >= 4 is 11.9 Å². The van der Waals surface area contributed by atoms with Crippen LogP contribution in [0.2, 0.25) is 0 Å². The SMILES string of the molecule is CCCCCCC/C=C/CCCCCCCC(=O)O[C@H](COC(=O)CCCCCCCCCCCCC)CO[C@@H]1O[C@H](CO[C@@H]2O[C@H](CO)[C@H](O)C(O)C2O)[C@H](O)C(O)C1O. The van der Waals surface area contributed by atoms with E-state index in [1.807, 2.05) is 0 Å². The summed E-state index contributed by atoms with van der Waals surface area (Å²) in [6.45, 7) is 2.56. The number of hydrogen-bond donors (Lipinski definition) is 7. The monoisotopic (exact) mass is 877 g/mol. The zero-order chi connectivity index (χ0) is 44.7. The number of ether oxygens (including phenoxy) is 6. The van der Waals surface area contributed by atoms with Gasteiger partial charge in [-0.3, -0.25) is 9.59 Å². The van der Waals surface area contributed by atoms with Crippen LogP contribution in [0.1, 0.15) is 174 Å². The van der Waals surface area contributed by atoms with Crippen LogP contribution in [0.3, 0.4) is 0 Å². The van der Waals surface area contributed by atoms with Crippen LogP contribution < -0.4 is 0 Å². The Morgan fingerprint density at radius 3 is 1.44 bits per heavy atom. The van der Waals surface area contributed by atoms with Gasteiger partial charge in [0.15, 0.2) is 18.7 Å². The van der Waals surface area contributed by atoms with Crippen molar-refractivity contribution in [1.82, 2.24) is 0 Å². The fourth-order valence-corrected chi connectivity index (χ4v) is 7.50. The highest BCUT2D eigenvalue weighted by atomic mass is 16.7. The number of carbonyl (C=O) groups is 2. The molecule has 0 aromatic heterocycles. The van der Waals surface area contributed by atoms with Gasteiger partial charge >= 0.3 is 11.9 Å². The van der Waals surface area contributed by atoms with Gasteiger partial charge in [0, 0.05) is 12.8 Å². The van der Waals surface area contributed by atoms with Crippen molar-refractivity contribution in [2.45, 2.75) is 242 Å². The predicted octanol–water partition coefficient (Wildman–Crippen LogP) is 5.43. The first-order chi connectivity index (χ1) is 29.5. The van der Waals surface area contributed by atoms with Crippen LogP contribution in [0.5, 0.6) is 0 Å². The van der Waals surface area contributed by atoms with Crippen LogP contribution >= 0.6 is 0 Å². The Morgan fingerprint density at radius 1 is 0.508 bits per heavy atom. The molecule has 11 atom stereocenters. The second-order valence-corrected chi connectivity index (χ2v) is 16.9. The lowest BCUT2D eigenvalue weighted by atomic mass is 9.98. The summed E-state index contributed by atoms with van der Waals surface area (Å²) in [5, 5.41) is 71.9. The van der Waals surface area contributed by atoms with Gasteiger partial charge in [0.25, 0.3) is 0 Å². The summed E-state index contributed by atoms with van der Waals surface area (Å²) in [5.74, 6) is -0.931. The van der Waals surface area contributed by atoms with Gasteiger partial charge in [0.05, 0.1) is 19.8 Å². The molecule has 0 bridgehead atoms. The topological polar surface area (TPSA) is 231 Å². The van der Waals surface area contributed by atoms with E-state index in [0.717, 1.165) is 57.8 Å². The van der Waals surface area contributed by atoms with Crippen molar-refractivity contribution in [2.75, 3.05) is 26.4 Å². The number of aliphatic hydroxyl groups excluding tert-OH is 7. The summed E-state index contributed by atoms with van der Waals surface area (Å²) in [6.07, 6.45) is 13.9. The zero-order valence-corrected chi connectivity index (χ0v) is 37.4. The van der Waals surface area contributed by atoms with Gasteiger partial charge in [-0.05, 0) is 38.5 Å². The number of unbranched alkanes of at least 4 members (excludes halogenated alkanes) is 20. The summed E-state index contributed by atoms with van der Waals surface area (Å²) < 4.78 is 33.5. The largest absolute Gasteiger partial charge is 0.462 e. The molecule has 0 aromatic rings. The summed E-state index contributed by atoms with van der Waals surface area (Å²) in [6, 6.07) is 0. The van der Waals surface area contributed by atoms with Crippen molar-refractivity contribution in [3.05, 3.63) is 12.2 Å². The third-order valence-corrected chi connectivity index (χ3v) is 11.5. The highest BCUT2D eigenvalue weighted by Crippen LogP contribution is 2.26. The molecule has 7 N–H and O–H groups in total. The Balaban J connectivity index is 1.85. The van der Waals surface area contributed by atoms with Gasteiger partial charge in [0.1, 0.15) is 55.4 Å². The zero-order valence-electron chi connectivity index (χ0n) is 37.4. The molecule has 15 nitrogen and oxygen atoms in total. The summed E-state index contributed by atoms with van der Waals surface area (Å²) >= 11 is 0. The Kier molecular flexibility index (Phi) is 31.4. The van der Waals surface area contributed by atoms with Crippen molar-refractivity contribution in [2.24, 2.45) is 0 Å². The number of esters is 2. The van der Waals surface area contributed by atoms with Crippen LogP contribution in [0.25, 0.3) is 0 Å². The fourth-order valence-electron chi connectivity index (χ4n) is 7.50. The van der Waals surface area contributed by atoms with Gasteiger partial charge in [-0.2, -0.15) is 0 Å². The molecule has 4 unspecified atom stereocenters. The Labute approximate surface area is 365 Å². The number of allylic oxidation sites excluding steroid dienone is 2. The first kappa shape index (κ1) is 55.4. The highest BCUT2D eigenvalue weighted by molar-refractivity contribution is 5.70. The lowest BCUT2D eigenvalue weighted by Crippen LogP contribution is -2.61. The van der Waals surface area contributed by atoms with E-state index in [-0.39, 0.29) is 26.1 Å². The summed E-state index contributed by atoms with van der Waals surface area (Å²) in [5.41, 5.74) is 0. The number of rotatable bonds is 36. The first-order valence-corrected chi connectivity index (χ1v) is 23.8. The maximum absolute atomic E-state index is 12.9. The molecule has 0 saturated carbocycles. The number of carbonyl (C=O) groups excluding carboxylic acids is 2. The third-order valence-electron chi connectivity index (χ3n) is 11.5. The Bertz CT molecular complexity index is 1120. The third kappa shape index (κ3) is 23.7. The second-order valence-electron chi connectivity index (χ2n) is 16.9. The minimum atomic E-state index is -1.76. The first-order valence-electron chi connectivity index (χ1n) is 23.8. The molecule has 0 amide bonds. The van der Waals surface area contributed by atoms with E-state index < -0.39 is 92.7 Å². The molecule has 2 aliphatic rings. The van der Waals surface area contributed by atoms with Gasteiger partial charge in [-0.15, -0.1) is 0 Å². The van der Waals surface area contributed by atoms with Gasteiger partial charge < -0.3 is 64.2 Å². The van der Waals surface area contributed by atoms with E-state index in [4.69, 9.17) is 28.4 Å². The summed E-state index contributed by atoms with van der Waals surface area (Å²) in [4.78, 5) is 25.6. The van der Waals surface area contributed by atoms with Crippen LogP contribution in [-0.4, -0.2) is 142 Å². The van der Waals surface area contributed by atoms with Crippen LogP contribution in [0.4, 0.5) is 0 Å². The molecular weight excluding hydrogens is 792 g/mol. The average molecular weight is 877 g/mol. The molecule has 0 spiro atoms. The normalized spacial score (nSPS) is 27.4. The molecule has 0 aromatic carbocycles. The number of aliphatic hydroxyl groups is 7. The van der Waals surface area contributed by atoms with Gasteiger partial charge in [-0.1, -0.05) is 135 Å². The Morgan fingerprint density at radius 2 is 0.934 bits per heavy atom. The minimum Gasteiger partial charge on any atom is -0.462 e. The molecule has 2 rings (SSSR count). The molecule has 2 fully saturated rings. The Hall–Kier alpha value is -1.76. The fraction of sp³-hybridized carbons (Fsp3) is 0.913. The smallest absolute Gasteiger partial charge is 0.306 e. The average Bonchev–Trinajstić information content (AvgIpc) is 3.25. The standard InChI is InChI=1S/C46H84O15/c1-3-5-7-9-11-13-15-16-17-19-21-23-25-27-29-38(49)59-34(31-56-37(48)28-26-24-22-20-18-14-12-10-8-6-4-2)32-57-45-44(55)42(53)40(51)36(61-45)33-58-46-43(54)41(52)39(50)35(30-47)60-46/h15-16,34-36,39-47,50-55H,3-14,17-33H2,1-2H3/b16-15+/t34-,35-,36-,39+,40+,41?,42?,43?,44?,45-,46-/m1/s1. The molecule has 2 aliphatic heterocycles. The maximum Gasteiger partial charge on any atom is 0.306 e. The van der Waals surface area contributed by atoms with Crippen molar-refractivity contribution < 1.29 is 73.8 Å². The van der Waals surface area contributed by atoms with Crippen molar-refractivity contribution in [3.8, 4) is 0 Å². The van der Waals surface area contributed by atoms with Crippen LogP contribution in [0.15, 0.2) is 12.2 Å². The highest BCUT2D eigenvalue weighted by Gasteiger charge is 2.47. The molecular formula is C46H84O15. The van der Waals surface area contributed by atoms with E-state index >= 15 is 0 Å². The second kappa shape index (κ2) is 34.6. The van der Waals surface area contributed by atoms with Crippen molar-refractivity contribution in [1.29, 1.82) is 0 Å². The number of hydrogen-bond acceptors (Lipinski definition) is 15. The predicted molar refractivity (Wildman–Crippen MR) is 229 cm³/mol. The van der Waals surface area contributed by atoms with E-state index in [1.54, 1.807) is 0 Å². The van der Waals surface area contributed by atoms with E-state index in [0.29, 0.717) is 12.8 Å². The van der Waals surface area contributed by atoms with E-state index in [9.17, 15) is 45.3 Å². The molecule has 15 heteroatoms. The maximum atomic E-state index is 12.9. The molecule has 0 aliphatic carbocycles. The summed E-state index contributed by atoms with van der Waals surface area (Å²) in [7, 11) is 0. The quantitative estimate of drug-likeness (QED) is 0.0236. The van der Waals surface area contributed by atoms with Crippen LogP contribution in [-0.2, 0) is 38.0 Å². The molecule has 358 valence electrons. The molecule has 61 heavy (non-hydrogen) atoms. The van der Waals surface area contributed by atoms with E-state index in [2.05, 4.69) is 26.0 Å².